The summed E-state index contributed by atoms with van der Waals surface area (Å²) in [5.41, 5.74) is 4.35. The molecular formula is C19H18FN3O2. The van der Waals surface area contributed by atoms with Crippen LogP contribution in [0.5, 0.6) is 0 Å². The monoisotopic (exact) mass is 339 g/mol. The summed E-state index contributed by atoms with van der Waals surface area (Å²) in [5, 5.41) is 8.01. The molecule has 0 aliphatic carbocycles. The molecule has 1 aromatic heterocycles. The Balaban J connectivity index is 1.79. The molecule has 2 aromatic carbocycles. The Labute approximate surface area is 145 Å². The van der Waals surface area contributed by atoms with Gasteiger partial charge in [-0.3, -0.25) is 0 Å². The number of carbonyl (C=O) groups excluding carboxylic acids is 1. The molecule has 6 heteroatoms. The summed E-state index contributed by atoms with van der Waals surface area (Å²) in [5.74, 6) is -0.956. The minimum Gasteiger partial charge on any atom is -0.456 e. The minimum absolute atomic E-state index is 0.0214. The second-order valence-electron chi connectivity index (χ2n) is 5.99. The summed E-state index contributed by atoms with van der Waals surface area (Å²) >= 11 is 0. The number of aryl methyl sites for hydroxylation is 2. The van der Waals surface area contributed by atoms with E-state index < -0.39 is 5.97 Å². The van der Waals surface area contributed by atoms with Crippen molar-refractivity contribution in [2.24, 2.45) is 0 Å². The molecule has 3 rings (SSSR count). The van der Waals surface area contributed by atoms with Crippen molar-refractivity contribution in [2.75, 3.05) is 0 Å². The van der Waals surface area contributed by atoms with Crippen molar-refractivity contribution in [3.8, 4) is 5.69 Å². The fourth-order valence-corrected chi connectivity index (χ4v) is 2.68. The molecule has 0 aliphatic heterocycles. The van der Waals surface area contributed by atoms with Crippen molar-refractivity contribution in [3.63, 3.8) is 0 Å². The third kappa shape index (κ3) is 3.74. The summed E-state index contributed by atoms with van der Waals surface area (Å²) in [6, 6.07) is 11.9. The number of benzene rings is 2. The van der Waals surface area contributed by atoms with Crippen molar-refractivity contribution in [1.82, 2.24) is 15.0 Å². The van der Waals surface area contributed by atoms with Gasteiger partial charge in [0.15, 0.2) is 5.69 Å². The zero-order valence-corrected chi connectivity index (χ0v) is 14.3. The second-order valence-corrected chi connectivity index (χ2v) is 5.99. The van der Waals surface area contributed by atoms with Gasteiger partial charge >= 0.3 is 5.97 Å². The average Bonchev–Trinajstić information content (AvgIpc) is 2.93. The van der Waals surface area contributed by atoms with Crippen molar-refractivity contribution >= 4 is 5.97 Å². The van der Waals surface area contributed by atoms with Crippen LogP contribution in [0.15, 0.2) is 42.5 Å². The average molecular weight is 339 g/mol. The molecule has 0 saturated carbocycles. The molecule has 0 fully saturated rings. The predicted molar refractivity (Wildman–Crippen MR) is 91.1 cm³/mol. The molecule has 0 N–H and O–H groups in total. The fraction of sp³-hybridized carbons (Fsp3) is 0.211. The van der Waals surface area contributed by atoms with E-state index in [1.807, 2.05) is 26.0 Å². The predicted octanol–water partition coefficient (Wildman–Crippen LogP) is 3.69. The topological polar surface area (TPSA) is 57.0 Å². The standard InChI is InChI=1S/C19H18FN3O2/c1-12-7-13(2)9-17(8-12)23-14(3)18(21-22-23)19(24)25-11-15-5-4-6-16(20)10-15/h4-10H,11H2,1-3H3. The molecule has 3 aromatic rings. The summed E-state index contributed by atoms with van der Waals surface area (Å²) in [7, 11) is 0. The Morgan fingerprint density at radius 2 is 1.84 bits per heavy atom. The van der Waals surface area contributed by atoms with Crippen molar-refractivity contribution in [3.05, 3.63) is 76.4 Å². The summed E-state index contributed by atoms with van der Waals surface area (Å²) in [6.45, 7) is 5.73. The number of aromatic nitrogens is 3. The number of esters is 1. The van der Waals surface area contributed by atoms with E-state index in [2.05, 4.69) is 16.4 Å². The van der Waals surface area contributed by atoms with Gasteiger partial charge in [0, 0.05) is 0 Å². The summed E-state index contributed by atoms with van der Waals surface area (Å²) in [4.78, 5) is 12.3. The maximum absolute atomic E-state index is 13.2. The van der Waals surface area contributed by atoms with E-state index in [1.54, 1.807) is 23.7 Å². The third-order valence-electron chi connectivity index (χ3n) is 3.80. The molecule has 25 heavy (non-hydrogen) atoms. The first-order valence-corrected chi connectivity index (χ1v) is 7.86. The Hall–Kier alpha value is -3.02. The number of ether oxygens (including phenoxy) is 1. The van der Waals surface area contributed by atoms with E-state index >= 15 is 0 Å². The lowest BCUT2D eigenvalue weighted by atomic mass is 10.1. The van der Waals surface area contributed by atoms with Gasteiger partial charge in [0.1, 0.15) is 12.4 Å². The van der Waals surface area contributed by atoms with E-state index in [9.17, 15) is 9.18 Å². The lowest BCUT2D eigenvalue weighted by molar-refractivity contribution is 0.0464. The van der Waals surface area contributed by atoms with Gasteiger partial charge < -0.3 is 4.74 Å². The normalized spacial score (nSPS) is 10.7. The van der Waals surface area contributed by atoms with Gasteiger partial charge in [0.25, 0.3) is 0 Å². The smallest absolute Gasteiger partial charge is 0.361 e. The zero-order valence-electron chi connectivity index (χ0n) is 14.3. The van der Waals surface area contributed by atoms with Crippen LogP contribution in [-0.4, -0.2) is 21.0 Å². The maximum atomic E-state index is 13.2. The minimum atomic E-state index is -0.586. The zero-order chi connectivity index (χ0) is 18.0. The van der Waals surface area contributed by atoms with Crippen LogP contribution < -0.4 is 0 Å². The van der Waals surface area contributed by atoms with Crippen LogP contribution >= 0.6 is 0 Å². The number of carbonyl (C=O) groups is 1. The van der Waals surface area contributed by atoms with Crippen LogP contribution in [0.2, 0.25) is 0 Å². The van der Waals surface area contributed by atoms with E-state index in [-0.39, 0.29) is 18.1 Å². The van der Waals surface area contributed by atoms with Crippen LogP contribution in [0.25, 0.3) is 5.69 Å². The highest BCUT2D eigenvalue weighted by molar-refractivity contribution is 5.88. The molecule has 0 bridgehead atoms. The number of hydrogen-bond donors (Lipinski definition) is 0. The highest BCUT2D eigenvalue weighted by Gasteiger charge is 2.19. The number of hydrogen-bond acceptors (Lipinski definition) is 4. The van der Waals surface area contributed by atoms with Crippen LogP contribution in [0.1, 0.15) is 32.9 Å². The first-order valence-electron chi connectivity index (χ1n) is 7.86. The fourth-order valence-electron chi connectivity index (χ4n) is 2.68. The van der Waals surface area contributed by atoms with Gasteiger partial charge in [-0.15, -0.1) is 5.10 Å². The lowest BCUT2D eigenvalue weighted by Crippen LogP contribution is -2.08. The molecule has 0 unspecified atom stereocenters. The first kappa shape index (κ1) is 16.8. The van der Waals surface area contributed by atoms with Gasteiger partial charge in [0.05, 0.1) is 11.4 Å². The lowest BCUT2D eigenvalue weighted by Gasteiger charge is -2.07. The molecule has 0 amide bonds. The highest BCUT2D eigenvalue weighted by Crippen LogP contribution is 2.17. The Kier molecular flexibility index (Phi) is 4.61. The van der Waals surface area contributed by atoms with Crippen molar-refractivity contribution in [1.29, 1.82) is 0 Å². The Morgan fingerprint density at radius 1 is 1.12 bits per heavy atom. The van der Waals surface area contributed by atoms with Crippen molar-refractivity contribution < 1.29 is 13.9 Å². The largest absolute Gasteiger partial charge is 0.456 e. The van der Waals surface area contributed by atoms with Crippen LogP contribution in [0.4, 0.5) is 4.39 Å². The van der Waals surface area contributed by atoms with Crippen molar-refractivity contribution in [2.45, 2.75) is 27.4 Å². The molecule has 0 atom stereocenters. The summed E-state index contributed by atoms with van der Waals surface area (Å²) in [6.07, 6.45) is 0. The molecule has 0 radical (unpaired) electrons. The molecule has 1 heterocycles. The maximum Gasteiger partial charge on any atom is 0.361 e. The van der Waals surface area contributed by atoms with Gasteiger partial charge in [0.2, 0.25) is 0 Å². The SMILES string of the molecule is Cc1cc(C)cc(-n2nnc(C(=O)OCc3cccc(F)c3)c2C)c1. The van der Waals surface area contributed by atoms with Crippen LogP contribution in [0.3, 0.4) is 0 Å². The van der Waals surface area contributed by atoms with E-state index in [0.29, 0.717) is 11.3 Å². The Morgan fingerprint density at radius 3 is 2.52 bits per heavy atom. The molecule has 0 aliphatic rings. The van der Waals surface area contributed by atoms with Gasteiger partial charge in [-0.2, -0.15) is 0 Å². The first-order chi connectivity index (χ1) is 11.9. The molecule has 5 nitrogen and oxygen atoms in total. The Bertz CT molecular complexity index is 914. The number of rotatable bonds is 4. The second kappa shape index (κ2) is 6.84. The number of nitrogens with zero attached hydrogens (tertiary/aromatic N) is 3. The molecule has 0 saturated heterocycles. The van der Waals surface area contributed by atoms with E-state index in [4.69, 9.17) is 4.74 Å². The molecule has 128 valence electrons. The highest BCUT2D eigenvalue weighted by atomic mass is 19.1. The molecule has 0 spiro atoms. The van der Waals surface area contributed by atoms with Gasteiger partial charge in [-0.25, -0.2) is 13.9 Å². The molecular weight excluding hydrogens is 321 g/mol. The van der Waals surface area contributed by atoms with E-state index in [0.717, 1.165) is 16.8 Å². The quantitative estimate of drug-likeness (QED) is 0.680. The van der Waals surface area contributed by atoms with Crippen LogP contribution in [0, 0.1) is 26.6 Å². The number of halogens is 1. The van der Waals surface area contributed by atoms with Gasteiger partial charge in [-0.05, 0) is 61.7 Å². The van der Waals surface area contributed by atoms with Crippen LogP contribution in [-0.2, 0) is 11.3 Å². The van der Waals surface area contributed by atoms with E-state index in [1.165, 1.54) is 12.1 Å². The third-order valence-corrected chi connectivity index (χ3v) is 3.80. The van der Waals surface area contributed by atoms with Gasteiger partial charge in [-0.1, -0.05) is 23.4 Å². The summed E-state index contributed by atoms with van der Waals surface area (Å²) < 4.78 is 20.0.